The van der Waals surface area contributed by atoms with Crippen LogP contribution in [0.5, 0.6) is 5.75 Å². The minimum atomic E-state index is -1.09. The number of benzene rings is 2. The Morgan fingerprint density at radius 1 is 0.786 bits per heavy atom. The van der Waals surface area contributed by atoms with Crippen LogP contribution in [0.3, 0.4) is 0 Å². The average Bonchev–Trinajstić information content (AvgIpc) is 2.54. The standard InChI is InChI=1S/C15H22O3.C7H6O2.Zn/c1-14(2,3)9-7-10(13(17)18)12(16)11(8-9)15(4,5)6;8-7(9)6-4-2-1-3-5-6;/h7-8,16H,1-6H3,(H,17,18);1-5H,(H,8,9);. The van der Waals surface area contributed by atoms with Gasteiger partial charge in [-0.05, 0) is 34.6 Å². The summed E-state index contributed by atoms with van der Waals surface area (Å²) in [6.45, 7) is 12.0. The third-order valence-corrected chi connectivity index (χ3v) is 4.04. The van der Waals surface area contributed by atoms with Gasteiger partial charge in [-0.1, -0.05) is 65.8 Å². The smallest absolute Gasteiger partial charge is 0.339 e. The topological polar surface area (TPSA) is 94.8 Å². The zero-order chi connectivity index (χ0) is 21.0. The zero-order valence-corrected chi connectivity index (χ0v) is 20.4. The predicted octanol–water partition coefficient (Wildman–Crippen LogP) is 5.07. The monoisotopic (exact) mass is 436 g/mol. The Kier molecular flexibility index (Phi) is 9.06. The summed E-state index contributed by atoms with van der Waals surface area (Å²) in [6.07, 6.45) is 0. The Bertz CT molecular complexity index is 815. The van der Waals surface area contributed by atoms with Crippen LogP contribution in [-0.4, -0.2) is 27.3 Å². The molecule has 0 heterocycles. The molecule has 0 aliphatic carbocycles. The summed E-state index contributed by atoms with van der Waals surface area (Å²) in [5, 5.41) is 27.7. The van der Waals surface area contributed by atoms with Gasteiger partial charge in [0.05, 0.1) is 5.56 Å². The van der Waals surface area contributed by atoms with Gasteiger partial charge in [-0.25, -0.2) is 9.59 Å². The van der Waals surface area contributed by atoms with Gasteiger partial charge in [0.15, 0.2) is 0 Å². The minimum absolute atomic E-state index is 0. The molecule has 0 saturated heterocycles. The molecule has 0 saturated carbocycles. The van der Waals surface area contributed by atoms with E-state index in [9.17, 15) is 19.8 Å². The molecule has 0 bridgehead atoms. The van der Waals surface area contributed by atoms with E-state index in [1.54, 1.807) is 36.4 Å². The van der Waals surface area contributed by atoms with Crippen molar-refractivity contribution < 1.29 is 44.4 Å². The summed E-state index contributed by atoms with van der Waals surface area (Å²) in [5.41, 5.74) is 1.45. The fraction of sp³-hybridized carbons (Fsp3) is 0.364. The number of aromatic hydroxyl groups is 1. The Morgan fingerprint density at radius 3 is 1.61 bits per heavy atom. The summed E-state index contributed by atoms with van der Waals surface area (Å²) in [6, 6.07) is 11.8. The number of hydrogen-bond acceptors (Lipinski definition) is 3. The van der Waals surface area contributed by atoms with E-state index in [1.165, 1.54) is 0 Å². The van der Waals surface area contributed by atoms with E-state index in [-0.39, 0.29) is 41.6 Å². The molecule has 0 aliphatic heterocycles. The van der Waals surface area contributed by atoms with Crippen LogP contribution >= 0.6 is 0 Å². The van der Waals surface area contributed by atoms with Gasteiger partial charge in [0.2, 0.25) is 0 Å². The summed E-state index contributed by atoms with van der Waals surface area (Å²) in [5.74, 6) is -2.09. The molecule has 0 amide bonds. The first-order valence-electron chi connectivity index (χ1n) is 8.64. The van der Waals surface area contributed by atoms with Gasteiger partial charge in [-0.15, -0.1) is 0 Å². The molecule has 0 aromatic heterocycles. The van der Waals surface area contributed by atoms with Crippen molar-refractivity contribution in [1.29, 1.82) is 0 Å². The molecule has 0 unspecified atom stereocenters. The molecule has 148 valence electrons. The average molecular weight is 438 g/mol. The van der Waals surface area contributed by atoms with Crippen molar-refractivity contribution in [3.63, 3.8) is 0 Å². The largest absolute Gasteiger partial charge is 0.507 e. The van der Waals surface area contributed by atoms with Gasteiger partial charge >= 0.3 is 11.9 Å². The third kappa shape index (κ3) is 7.08. The Balaban J connectivity index is 0.000000614. The maximum absolute atomic E-state index is 11.2. The van der Waals surface area contributed by atoms with Crippen LogP contribution < -0.4 is 0 Å². The van der Waals surface area contributed by atoms with E-state index < -0.39 is 11.9 Å². The molecule has 3 N–H and O–H groups in total. The molecule has 2 aromatic carbocycles. The van der Waals surface area contributed by atoms with Gasteiger partial charge in [-0.2, -0.15) is 0 Å². The first-order valence-corrected chi connectivity index (χ1v) is 8.64. The molecule has 6 heteroatoms. The fourth-order valence-corrected chi connectivity index (χ4v) is 2.38. The second-order valence-corrected chi connectivity index (χ2v) is 8.40. The third-order valence-electron chi connectivity index (χ3n) is 4.04. The van der Waals surface area contributed by atoms with Gasteiger partial charge in [0.1, 0.15) is 11.3 Å². The van der Waals surface area contributed by atoms with E-state index in [0.29, 0.717) is 11.1 Å². The number of carbonyl (C=O) groups is 2. The van der Waals surface area contributed by atoms with Crippen molar-refractivity contribution in [3.8, 4) is 5.75 Å². The first-order chi connectivity index (χ1) is 12.2. The van der Waals surface area contributed by atoms with Crippen molar-refractivity contribution in [3.05, 3.63) is 64.7 Å². The van der Waals surface area contributed by atoms with Gasteiger partial charge in [0.25, 0.3) is 0 Å². The Morgan fingerprint density at radius 2 is 1.29 bits per heavy atom. The number of hydrogen-bond donors (Lipinski definition) is 3. The first kappa shape index (κ1) is 25.8. The van der Waals surface area contributed by atoms with Crippen molar-refractivity contribution in [1.82, 2.24) is 0 Å². The minimum Gasteiger partial charge on any atom is -0.507 e. The van der Waals surface area contributed by atoms with Crippen molar-refractivity contribution in [2.45, 2.75) is 52.4 Å². The molecule has 0 atom stereocenters. The second-order valence-electron chi connectivity index (χ2n) is 8.40. The van der Waals surface area contributed by atoms with E-state index >= 15 is 0 Å². The molecule has 0 aliphatic rings. The fourth-order valence-electron chi connectivity index (χ4n) is 2.38. The molecule has 2 aromatic rings. The van der Waals surface area contributed by atoms with Crippen LogP contribution in [0.1, 0.15) is 73.4 Å². The maximum Gasteiger partial charge on any atom is 0.339 e. The van der Waals surface area contributed by atoms with Crippen molar-refractivity contribution >= 4 is 11.9 Å². The van der Waals surface area contributed by atoms with Crippen LogP contribution in [-0.2, 0) is 30.3 Å². The van der Waals surface area contributed by atoms with Gasteiger partial charge in [0, 0.05) is 25.0 Å². The number of carboxylic acids is 2. The normalized spacial score (nSPS) is 10.9. The molecule has 0 radical (unpaired) electrons. The van der Waals surface area contributed by atoms with Crippen LogP contribution in [0.25, 0.3) is 0 Å². The maximum atomic E-state index is 11.2. The number of rotatable bonds is 2. The Hall–Kier alpha value is -2.20. The van der Waals surface area contributed by atoms with Crippen molar-refractivity contribution in [2.75, 3.05) is 0 Å². The molecular formula is C22H28O5Zn. The molecule has 5 nitrogen and oxygen atoms in total. The van der Waals surface area contributed by atoms with Crippen LogP contribution in [0.4, 0.5) is 0 Å². The molecule has 28 heavy (non-hydrogen) atoms. The van der Waals surface area contributed by atoms with E-state index in [2.05, 4.69) is 0 Å². The SMILES string of the molecule is CC(C)(C)c1cc(C(=O)O)c(O)c(C(C)(C)C)c1.O=C(O)c1ccccc1.[Zn]. The van der Waals surface area contributed by atoms with Gasteiger partial charge in [-0.3, -0.25) is 0 Å². The zero-order valence-electron chi connectivity index (χ0n) is 17.4. The van der Waals surface area contributed by atoms with Crippen molar-refractivity contribution in [2.24, 2.45) is 0 Å². The Labute approximate surface area is 179 Å². The van der Waals surface area contributed by atoms with Crippen LogP contribution in [0, 0.1) is 0 Å². The van der Waals surface area contributed by atoms with E-state index in [1.807, 2.05) is 47.6 Å². The summed E-state index contributed by atoms with van der Waals surface area (Å²) in [7, 11) is 0. The predicted molar refractivity (Wildman–Crippen MR) is 106 cm³/mol. The van der Waals surface area contributed by atoms with Crippen LogP contribution in [0.15, 0.2) is 42.5 Å². The summed E-state index contributed by atoms with van der Waals surface area (Å²) >= 11 is 0. The van der Waals surface area contributed by atoms with Gasteiger partial charge < -0.3 is 15.3 Å². The summed E-state index contributed by atoms with van der Waals surface area (Å²) < 4.78 is 0. The second kappa shape index (κ2) is 9.83. The molecule has 2 rings (SSSR count). The van der Waals surface area contributed by atoms with E-state index in [0.717, 1.165) is 5.56 Å². The summed E-state index contributed by atoms with van der Waals surface area (Å²) in [4.78, 5) is 21.4. The quantitative estimate of drug-likeness (QED) is 0.570. The number of aromatic carboxylic acids is 2. The van der Waals surface area contributed by atoms with Crippen LogP contribution in [0.2, 0.25) is 0 Å². The number of carboxylic acid groups (broad SMARTS) is 2. The number of phenols is 1. The molecule has 0 fully saturated rings. The molecular weight excluding hydrogens is 410 g/mol. The van der Waals surface area contributed by atoms with E-state index in [4.69, 9.17) is 5.11 Å². The molecule has 0 spiro atoms.